The second-order valence-corrected chi connectivity index (χ2v) is 4.94. The van der Waals surface area contributed by atoms with Gasteiger partial charge in [-0.2, -0.15) is 0 Å². The van der Waals surface area contributed by atoms with Gasteiger partial charge in [-0.15, -0.1) is 0 Å². The van der Waals surface area contributed by atoms with Crippen LogP contribution < -0.4 is 4.74 Å². The van der Waals surface area contributed by atoms with E-state index in [4.69, 9.17) is 16.3 Å². The Labute approximate surface area is 126 Å². The number of ether oxygens (including phenoxy) is 1. The molecule has 1 N–H and O–H groups in total. The molecule has 0 bridgehead atoms. The van der Waals surface area contributed by atoms with Crippen LogP contribution in [-0.4, -0.2) is 10.0 Å². The van der Waals surface area contributed by atoms with Crippen molar-refractivity contribution in [1.29, 1.82) is 0 Å². The Balaban J connectivity index is 2.23. The molecular formula is C15H14ClNO4. The number of nitro groups is 1. The lowest BCUT2D eigenvalue weighted by Gasteiger charge is -2.13. The number of aliphatic hydroxyl groups excluding tert-OH is 1. The van der Waals surface area contributed by atoms with Gasteiger partial charge >= 0.3 is 0 Å². The van der Waals surface area contributed by atoms with Crippen LogP contribution in [0.2, 0.25) is 5.02 Å². The number of benzene rings is 2. The summed E-state index contributed by atoms with van der Waals surface area (Å²) in [4.78, 5) is 10.3. The van der Waals surface area contributed by atoms with E-state index < -0.39 is 11.0 Å². The Kier molecular flexibility index (Phi) is 4.77. The largest absolute Gasteiger partial charge is 0.488 e. The predicted molar refractivity (Wildman–Crippen MR) is 79.5 cm³/mol. The molecule has 0 radical (unpaired) electrons. The molecule has 0 aromatic heterocycles. The number of halogens is 1. The summed E-state index contributed by atoms with van der Waals surface area (Å²) in [7, 11) is 0. The van der Waals surface area contributed by atoms with Crippen molar-refractivity contribution in [2.75, 3.05) is 0 Å². The molecule has 0 heterocycles. The first-order chi connectivity index (χ1) is 9.99. The second-order valence-electron chi connectivity index (χ2n) is 4.54. The van der Waals surface area contributed by atoms with Crippen LogP contribution in [0.1, 0.15) is 24.2 Å². The highest BCUT2D eigenvalue weighted by molar-refractivity contribution is 6.31. The minimum absolute atomic E-state index is 0.0870. The highest BCUT2D eigenvalue weighted by Gasteiger charge is 2.15. The van der Waals surface area contributed by atoms with E-state index in [1.807, 2.05) is 18.2 Å². The van der Waals surface area contributed by atoms with E-state index in [2.05, 4.69) is 0 Å². The second kappa shape index (κ2) is 6.56. The normalized spacial score (nSPS) is 12.0. The molecule has 0 aliphatic heterocycles. The third-order valence-corrected chi connectivity index (χ3v) is 3.36. The molecule has 0 aliphatic carbocycles. The molecule has 2 aromatic rings. The number of nitro benzene ring substituents is 1. The van der Waals surface area contributed by atoms with Gasteiger partial charge in [0.25, 0.3) is 5.69 Å². The van der Waals surface area contributed by atoms with Crippen molar-refractivity contribution in [2.45, 2.75) is 19.6 Å². The van der Waals surface area contributed by atoms with Crippen molar-refractivity contribution in [3.63, 3.8) is 0 Å². The monoisotopic (exact) mass is 307 g/mol. The van der Waals surface area contributed by atoms with Crippen LogP contribution >= 0.6 is 11.6 Å². The van der Waals surface area contributed by atoms with Gasteiger partial charge in [0.1, 0.15) is 12.4 Å². The standard InChI is InChI=1S/C15H14ClNO4/c1-10(18)13-8-12(17(19)20)6-7-15(13)21-9-11-4-2-3-5-14(11)16/h2-8,10,18H,9H2,1H3/t10-/m0/s1. The maximum absolute atomic E-state index is 10.8. The van der Waals surface area contributed by atoms with E-state index in [0.29, 0.717) is 16.3 Å². The van der Waals surface area contributed by atoms with Crippen molar-refractivity contribution >= 4 is 17.3 Å². The first kappa shape index (κ1) is 15.3. The van der Waals surface area contributed by atoms with Gasteiger partial charge in [0.15, 0.2) is 0 Å². The summed E-state index contributed by atoms with van der Waals surface area (Å²) in [5, 5.41) is 21.1. The molecule has 0 aliphatic rings. The summed E-state index contributed by atoms with van der Waals surface area (Å²) in [6.07, 6.45) is -0.869. The Hall–Kier alpha value is -2.11. The van der Waals surface area contributed by atoms with Crippen LogP contribution in [0.5, 0.6) is 5.75 Å². The van der Waals surface area contributed by atoms with E-state index in [1.165, 1.54) is 25.1 Å². The fraction of sp³-hybridized carbons (Fsp3) is 0.200. The molecule has 6 heteroatoms. The average molecular weight is 308 g/mol. The van der Waals surface area contributed by atoms with Crippen LogP contribution in [-0.2, 0) is 6.61 Å². The van der Waals surface area contributed by atoms with E-state index in [0.717, 1.165) is 5.56 Å². The number of nitrogens with zero attached hydrogens (tertiary/aromatic N) is 1. The number of aliphatic hydroxyl groups is 1. The number of hydrogen-bond donors (Lipinski definition) is 1. The third-order valence-electron chi connectivity index (χ3n) is 3.00. The van der Waals surface area contributed by atoms with Gasteiger partial charge in [0.2, 0.25) is 0 Å². The maximum Gasteiger partial charge on any atom is 0.270 e. The quantitative estimate of drug-likeness (QED) is 0.672. The molecule has 0 unspecified atom stereocenters. The zero-order valence-corrected chi connectivity index (χ0v) is 12.1. The van der Waals surface area contributed by atoms with Crippen molar-refractivity contribution in [3.8, 4) is 5.75 Å². The highest BCUT2D eigenvalue weighted by Crippen LogP contribution is 2.30. The molecule has 0 amide bonds. The summed E-state index contributed by atoms with van der Waals surface area (Å²) in [5.74, 6) is 0.399. The van der Waals surface area contributed by atoms with Crippen LogP contribution in [0.25, 0.3) is 0 Å². The summed E-state index contributed by atoms with van der Waals surface area (Å²) in [6.45, 7) is 1.75. The number of non-ortho nitro benzene ring substituents is 1. The van der Waals surface area contributed by atoms with Gasteiger partial charge in [-0.3, -0.25) is 10.1 Å². The Morgan fingerprint density at radius 1 is 1.33 bits per heavy atom. The molecule has 0 saturated heterocycles. The fourth-order valence-electron chi connectivity index (χ4n) is 1.88. The topological polar surface area (TPSA) is 72.6 Å². The Morgan fingerprint density at radius 2 is 2.05 bits per heavy atom. The van der Waals surface area contributed by atoms with E-state index in [9.17, 15) is 15.2 Å². The van der Waals surface area contributed by atoms with E-state index in [-0.39, 0.29) is 12.3 Å². The summed E-state index contributed by atoms with van der Waals surface area (Å²) in [5.41, 5.74) is 1.08. The average Bonchev–Trinajstić information content (AvgIpc) is 2.46. The molecule has 0 fully saturated rings. The summed E-state index contributed by atoms with van der Waals surface area (Å²) < 4.78 is 5.63. The van der Waals surface area contributed by atoms with Crippen molar-refractivity contribution in [1.82, 2.24) is 0 Å². The number of hydrogen-bond acceptors (Lipinski definition) is 4. The highest BCUT2D eigenvalue weighted by atomic mass is 35.5. The SMILES string of the molecule is C[C@H](O)c1cc([N+](=O)[O-])ccc1OCc1ccccc1Cl. The van der Waals surface area contributed by atoms with Gasteiger partial charge in [-0.05, 0) is 19.1 Å². The smallest absolute Gasteiger partial charge is 0.270 e. The van der Waals surface area contributed by atoms with E-state index in [1.54, 1.807) is 6.07 Å². The van der Waals surface area contributed by atoms with Crippen LogP contribution in [0.3, 0.4) is 0 Å². The third kappa shape index (κ3) is 3.71. The molecule has 0 spiro atoms. The maximum atomic E-state index is 10.8. The van der Waals surface area contributed by atoms with Gasteiger partial charge in [-0.25, -0.2) is 0 Å². The Morgan fingerprint density at radius 3 is 2.67 bits per heavy atom. The lowest BCUT2D eigenvalue weighted by atomic mass is 10.1. The number of rotatable bonds is 5. The van der Waals surface area contributed by atoms with Crippen molar-refractivity contribution in [2.24, 2.45) is 0 Å². The zero-order valence-electron chi connectivity index (χ0n) is 11.3. The van der Waals surface area contributed by atoms with Crippen LogP contribution in [0, 0.1) is 10.1 Å². The predicted octanol–water partition coefficient (Wildman–Crippen LogP) is 3.88. The fourth-order valence-corrected chi connectivity index (χ4v) is 2.07. The molecule has 2 rings (SSSR count). The lowest BCUT2D eigenvalue weighted by molar-refractivity contribution is -0.385. The van der Waals surface area contributed by atoms with Gasteiger partial charge in [0, 0.05) is 28.3 Å². The van der Waals surface area contributed by atoms with Crippen LogP contribution in [0.15, 0.2) is 42.5 Å². The zero-order chi connectivity index (χ0) is 15.4. The Bertz CT molecular complexity index is 658. The summed E-state index contributed by atoms with van der Waals surface area (Å²) >= 11 is 6.04. The molecular weight excluding hydrogens is 294 g/mol. The molecule has 5 nitrogen and oxygen atoms in total. The minimum atomic E-state index is -0.869. The van der Waals surface area contributed by atoms with Crippen LogP contribution in [0.4, 0.5) is 5.69 Å². The molecule has 0 saturated carbocycles. The molecule has 21 heavy (non-hydrogen) atoms. The van der Waals surface area contributed by atoms with Gasteiger partial charge in [-0.1, -0.05) is 29.8 Å². The lowest BCUT2D eigenvalue weighted by Crippen LogP contribution is -2.02. The molecule has 110 valence electrons. The van der Waals surface area contributed by atoms with Crippen molar-refractivity contribution in [3.05, 3.63) is 68.7 Å². The van der Waals surface area contributed by atoms with Crippen molar-refractivity contribution < 1.29 is 14.8 Å². The first-order valence-electron chi connectivity index (χ1n) is 6.31. The van der Waals surface area contributed by atoms with Gasteiger partial charge in [0.05, 0.1) is 11.0 Å². The molecule has 2 aromatic carbocycles. The van der Waals surface area contributed by atoms with Gasteiger partial charge < -0.3 is 9.84 Å². The minimum Gasteiger partial charge on any atom is -0.488 e. The summed E-state index contributed by atoms with van der Waals surface area (Å²) in [6, 6.07) is 11.4. The van der Waals surface area contributed by atoms with E-state index >= 15 is 0 Å². The molecule has 1 atom stereocenters. The first-order valence-corrected chi connectivity index (χ1v) is 6.69.